The number of hydrogen-bond donors (Lipinski definition) is 1. The number of benzene rings is 2. The van der Waals surface area contributed by atoms with E-state index in [0.29, 0.717) is 56.7 Å². The van der Waals surface area contributed by atoms with Crippen LogP contribution in [0.4, 0.5) is 20.3 Å². The quantitative estimate of drug-likeness (QED) is 0.102. The summed E-state index contributed by atoms with van der Waals surface area (Å²) in [6.07, 6.45) is 6.23. The number of pyridine rings is 2. The van der Waals surface area contributed by atoms with Crippen LogP contribution in [0.5, 0.6) is 0 Å². The van der Waals surface area contributed by atoms with E-state index in [2.05, 4.69) is 15.3 Å². The summed E-state index contributed by atoms with van der Waals surface area (Å²) in [4.78, 5) is 99.6. The number of amides is 4. The van der Waals surface area contributed by atoms with E-state index in [1.807, 2.05) is 130 Å². The van der Waals surface area contributed by atoms with Crippen molar-refractivity contribution in [3.63, 3.8) is 0 Å². The van der Waals surface area contributed by atoms with Crippen molar-refractivity contribution in [3.8, 4) is 11.1 Å². The molecule has 3 atom stereocenters. The Morgan fingerprint density at radius 1 is 0.562 bits per heavy atom. The maximum atomic E-state index is 13.2. The van der Waals surface area contributed by atoms with E-state index < -0.39 is 71.5 Å². The molecule has 0 aliphatic carbocycles. The van der Waals surface area contributed by atoms with E-state index in [1.54, 1.807) is 38.1 Å². The lowest BCUT2D eigenvalue weighted by Crippen LogP contribution is -2.45. The van der Waals surface area contributed by atoms with E-state index in [1.165, 1.54) is 9.80 Å². The van der Waals surface area contributed by atoms with E-state index in [0.717, 1.165) is 51.2 Å². The predicted molar refractivity (Wildman–Crippen MR) is 304 cm³/mol. The second kappa shape index (κ2) is 23.2. The van der Waals surface area contributed by atoms with Crippen LogP contribution in [0.25, 0.3) is 32.9 Å². The van der Waals surface area contributed by atoms with Crippen molar-refractivity contribution in [3.05, 3.63) is 84.4 Å². The Kier molecular flexibility index (Phi) is 17.1. The Morgan fingerprint density at radius 2 is 0.975 bits per heavy atom. The Balaban J connectivity index is 0.000000220. The Morgan fingerprint density at radius 3 is 1.43 bits per heavy atom. The largest absolute Gasteiger partial charge is 0.494 e. The molecule has 0 bridgehead atoms. The zero-order valence-corrected chi connectivity index (χ0v) is 48.6. The summed E-state index contributed by atoms with van der Waals surface area (Å²) >= 11 is 0. The van der Waals surface area contributed by atoms with Crippen molar-refractivity contribution in [2.24, 2.45) is 0 Å². The molecule has 4 fully saturated rings. The second-order valence-corrected chi connectivity index (χ2v) is 25.1. The summed E-state index contributed by atoms with van der Waals surface area (Å²) in [5, 5.41) is 4.56. The fraction of sp³-hybridized carbons (Fsp3) is 0.533. The molecule has 0 saturated carbocycles. The summed E-state index contributed by atoms with van der Waals surface area (Å²) in [6, 6.07) is 17.6. The van der Waals surface area contributed by atoms with Gasteiger partial charge in [0.2, 0.25) is 11.9 Å². The van der Waals surface area contributed by atoms with Crippen LogP contribution in [0.1, 0.15) is 140 Å². The molecule has 20 heteroatoms. The number of anilines is 1. The minimum Gasteiger partial charge on any atom is -0.444 e. The first-order chi connectivity index (χ1) is 37.4. The van der Waals surface area contributed by atoms with Crippen molar-refractivity contribution in [2.45, 2.75) is 188 Å². The van der Waals surface area contributed by atoms with Crippen molar-refractivity contribution in [1.29, 1.82) is 0 Å². The topological polar surface area (TPSA) is 222 Å². The molecule has 5 aromatic rings. The number of likely N-dealkylation sites (tertiary alicyclic amines) is 3. The second-order valence-electron chi connectivity index (χ2n) is 25.1. The molecule has 4 aliphatic rings. The number of fused-ring (bicyclic) bond motifs is 2. The third-order valence-electron chi connectivity index (χ3n) is 14.7. The molecule has 0 unspecified atom stereocenters. The third kappa shape index (κ3) is 14.5. The van der Waals surface area contributed by atoms with Gasteiger partial charge in [0, 0.05) is 54.4 Å². The zero-order valence-electron chi connectivity index (χ0n) is 48.6. The van der Waals surface area contributed by atoms with Crippen LogP contribution in [0, 0.1) is 0 Å². The van der Waals surface area contributed by atoms with Crippen LogP contribution in [0.3, 0.4) is 0 Å². The normalized spacial score (nSPS) is 19.9. The Hall–Kier alpha value is -7.06. The van der Waals surface area contributed by atoms with Crippen LogP contribution in [0.2, 0.25) is 0 Å². The highest BCUT2D eigenvalue weighted by Crippen LogP contribution is 2.37. The highest BCUT2D eigenvalue weighted by Gasteiger charge is 2.52. The van der Waals surface area contributed by atoms with Gasteiger partial charge >= 0.3 is 25.4 Å². The first-order valence-corrected chi connectivity index (χ1v) is 27.7. The number of carbonyl (C=O) groups excluding carboxylic acids is 6. The molecule has 426 valence electrons. The predicted octanol–water partition coefficient (Wildman–Crippen LogP) is 9.59. The highest BCUT2D eigenvalue weighted by atomic mass is 16.7. The first-order valence-electron chi connectivity index (χ1n) is 27.7. The van der Waals surface area contributed by atoms with Gasteiger partial charge in [-0.2, -0.15) is 0 Å². The maximum absolute atomic E-state index is 13.2. The van der Waals surface area contributed by atoms with Gasteiger partial charge in [-0.25, -0.2) is 24.4 Å². The monoisotopic (exact) mass is 1100 g/mol. The van der Waals surface area contributed by atoms with Gasteiger partial charge in [0.1, 0.15) is 22.8 Å². The number of hydrogen-bond acceptors (Lipinski definition) is 15. The molecule has 2 aromatic carbocycles. The molecule has 80 heavy (non-hydrogen) atoms. The molecule has 7 heterocycles. The van der Waals surface area contributed by atoms with Gasteiger partial charge in [0.25, 0.3) is 0 Å². The van der Waals surface area contributed by atoms with Gasteiger partial charge in [-0.05, 0) is 175 Å². The minimum atomic E-state index is -0.651. The number of rotatable bonds is 10. The van der Waals surface area contributed by atoms with Crippen LogP contribution in [-0.2, 0) is 50.7 Å². The molecule has 4 aliphatic heterocycles. The SMILES string of the molecule is CC(C)(C)OC(=O)N1CCC[C@@H]1C(=O)Cc1ccc2cc(B3OC(C)(C)C(C)(C)O3)ccc2n1.CC(C)(C)OC(=O)N1CCC[C@H]1C(=O)Cc1ccc2cc(-c3cnc(NC(=O)[C@@H]4CCCN4C(=O)OC(C)(C)C)nc3)ccc2n1. The summed E-state index contributed by atoms with van der Waals surface area (Å²) in [6.45, 7) is 25.9. The van der Waals surface area contributed by atoms with Crippen LogP contribution in [0.15, 0.2) is 73.1 Å². The molecule has 19 nitrogen and oxygen atoms in total. The average Bonchev–Trinajstić information content (AvgIpc) is 4.25. The van der Waals surface area contributed by atoms with Crippen molar-refractivity contribution < 1.29 is 52.3 Å². The molecular weight excluding hydrogens is 1020 g/mol. The first kappa shape index (κ1) is 59.1. The minimum absolute atomic E-state index is 0.0101. The highest BCUT2D eigenvalue weighted by molar-refractivity contribution is 6.62. The summed E-state index contributed by atoms with van der Waals surface area (Å²) < 4.78 is 28.8. The van der Waals surface area contributed by atoms with Gasteiger partial charge < -0.3 is 23.5 Å². The zero-order chi connectivity index (χ0) is 58.1. The van der Waals surface area contributed by atoms with E-state index in [9.17, 15) is 28.8 Å². The smallest absolute Gasteiger partial charge is 0.444 e. The van der Waals surface area contributed by atoms with Gasteiger partial charge in [0.15, 0.2) is 11.6 Å². The van der Waals surface area contributed by atoms with E-state index in [-0.39, 0.29) is 36.3 Å². The number of aromatic nitrogens is 4. The summed E-state index contributed by atoms with van der Waals surface area (Å²) in [5.74, 6) is -0.271. The Bertz CT molecular complexity index is 3130. The van der Waals surface area contributed by atoms with Crippen LogP contribution >= 0.6 is 0 Å². The summed E-state index contributed by atoms with van der Waals surface area (Å²) in [7, 11) is -0.433. The standard InChI is InChI=1S/C34H42N6O6.C26H35BN2O5/c1-33(2,3)45-31(43)39-15-7-9-26(39)28(41)18-24-13-11-22-17-21(12-14-25(22)37-24)23-19-35-30(36-20-23)38-29(42)27-10-8-16-40(27)32(44)46-34(4,5)6;1-24(2,3)32-23(31)29-14-8-9-21(29)22(30)16-19-12-10-17-15-18(11-13-20(17)28-19)27-33-25(4,5)26(6,7)34-27/h11-14,17,19-20,26-27H,7-10,15-16,18H2,1-6H3,(H,35,36,38,42);10-13,15,21H,8-9,14,16H2,1-7H3/t26-,27-;21-/m01/s1. The lowest BCUT2D eigenvalue weighted by molar-refractivity contribution is -0.123. The van der Waals surface area contributed by atoms with Gasteiger partial charge in [-0.1, -0.05) is 30.3 Å². The van der Waals surface area contributed by atoms with Crippen molar-refractivity contribution >= 4 is 76.1 Å². The number of ether oxygens (including phenoxy) is 3. The van der Waals surface area contributed by atoms with Crippen molar-refractivity contribution in [1.82, 2.24) is 34.6 Å². The molecular formula is C60H77BN8O11. The number of carbonyl (C=O) groups is 6. The molecule has 3 aromatic heterocycles. The number of nitrogens with zero attached hydrogens (tertiary/aromatic N) is 7. The number of Topliss-reactive ketones (excluding diaryl/α,β-unsaturated/α-hetero) is 2. The molecule has 0 radical (unpaired) electrons. The van der Waals surface area contributed by atoms with Crippen molar-refractivity contribution in [2.75, 3.05) is 25.0 Å². The van der Waals surface area contributed by atoms with Gasteiger partial charge in [-0.15, -0.1) is 0 Å². The lowest BCUT2D eigenvalue weighted by atomic mass is 9.78. The molecule has 4 saturated heterocycles. The van der Waals surface area contributed by atoms with Crippen LogP contribution < -0.4 is 10.8 Å². The van der Waals surface area contributed by atoms with E-state index >= 15 is 0 Å². The third-order valence-corrected chi connectivity index (χ3v) is 14.7. The fourth-order valence-corrected chi connectivity index (χ4v) is 10.0. The molecule has 0 spiro atoms. The summed E-state index contributed by atoms with van der Waals surface area (Å²) in [5.41, 5.74) is 2.75. The number of nitrogens with one attached hydrogen (secondary N) is 1. The molecule has 9 rings (SSSR count). The van der Waals surface area contributed by atoms with Gasteiger partial charge in [-0.3, -0.25) is 44.4 Å². The molecule has 1 N–H and O–H groups in total. The lowest BCUT2D eigenvalue weighted by Gasteiger charge is -2.32. The van der Waals surface area contributed by atoms with E-state index in [4.69, 9.17) is 33.5 Å². The molecule has 4 amide bonds. The average molecular weight is 1100 g/mol. The number of ketones is 2. The fourth-order valence-electron chi connectivity index (χ4n) is 10.0. The maximum Gasteiger partial charge on any atom is 0.494 e. The Labute approximate surface area is 469 Å². The van der Waals surface area contributed by atoms with Crippen LogP contribution in [-0.4, -0.2) is 143 Å². The van der Waals surface area contributed by atoms with Gasteiger partial charge in [0.05, 0.1) is 47.2 Å².